The molecule has 5 nitrogen and oxygen atoms in total. The number of nitrogens with one attached hydrogen (secondary N) is 1. The second-order valence-electron chi connectivity index (χ2n) is 8.10. The number of hydrogen-bond donors (Lipinski definition) is 1. The Hall–Kier alpha value is -2.56. The van der Waals surface area contributed by atoms with Gasteiger partial charge in [-0.15, -0.1) is 0 Å². The molecule has 0 spiro atoms. The number of aromatic amines is 1. The minimum Gasteiger partial charge on any atom is -0.497 e. The van der Waals surface area contributed by atoms with Crippen LogP contribution in [-0.2, 0) is 5.54 Å². The van der Waals surface area contributed by atoms with E-state index in [4.69, 9.17) is 9.84 Å². The van der Waals surface area contributed by atoms with Crippen molar-refractivity contribution >= 4 is 11.0 Å². The van der Waals surface area contributed by atoms with Crippen LogP contribution >= 0.6 is 0 Å². The molecule has 0 amide bonds. The van der Waals surface area contributed by atoms with Crippen LogP contribution in [0.4, 0.5) is 0 Å². The molecule has 0 atom stereocenters. The molecule has 2 aromatic heterocycles. The minimum absolute atomic E-state index is 0.0896. The second-order valence-corrected chi connectivity index (χ2v) is 8.10. The average Bonchev–Trinajstić information content (AvgIpc) is 2.91. The third-order valence-electron chi connectivity index (χ3n) is 5.24. The first-order chi connectivity index (χ1) is 12.4. The van der Waals surface area contributed by atoms with Gasteiger partial charge in [-0.25, -0.2) is 4.68 Å². The molecule has 2 heterocycles. The van der Waals surface area contributed by atoms with Crippen molar-refractivity contribution in [3.05, 3.63) is 46.4 Å². The fourth-order valence-corrected chi connectivity index (χ4v) is 3.55. The molecule has 1 aliphatic rings. The van der Waals surface area contributed by atoms with E-state index >= 15 is 0 Å². The molecular weight excluding hydrogens is 326 g/mol. The van der Waals surface area contributed by atoms with Gasteiger partial charge in [0.25, 0.3) is 5.56 Å². The molecule has 1 fully saturated rings. The van der Waals surface area contributed by atoms with E-state index in [1.54, 1.807) is 7.11 Å². The van der Waals surface area contributed by atoms with Gasteiger partial charge in [0.2, 0.25) is 0 Å². The highest BCUT2D eigenvalue weighted by molar-refractivity contribution is 5.84. The normalized spacial score (nSPS) is 15.2. The van der Waals surface area contributed by atoms with Gasteiger partial charge in [-0.05, 0) is 57.4 Å². The van der Waals surface area contributed by atoms with Gasteiger partial charge in [-0.1, -0.05) is 18.6 Å². The SMILES string of the molecule is COc1ccc(-c2cc3c(C4CCC4)nn(C(C)(C)C)c3[nH]c2=O)cc1. The maximum atomic E-state index is 12.8. The summed E-state index contributed by atoms with van der Waals surface area (Å²) >= 11 is 0. The van der Waals surface area contributed by atoms with Crippen molar-refractivity contribution in [3.63, 3.8) is 0 Å². The first-order valence-corrected chi connectivity index (χ1v) is 9.19. The lowest BCUT2D eigenvalue weighted by Crippen LogP contribution is -2.25. The summed E-state index contributed by atoms with van der Waals surface area (Å²) in [5.41, 5.74) is 3.22. The summed E-state index contributed by atoms with van der Waals surface area (Å²) in [5, 5.41) is 5.98. The van der Waals surface area contributed by atoms with Crippen LogP contribution in [0.5, 0.6) is 5.75 Å². The summed E-state index contributed by atoms with van der Waals surface area (Å²) in [4.78, 5) is 15.9. The molecule has 0 radical (unpaired) electrons. The van der Waals surface area contributed by atoms with Gasteiger partial charge in [-0.3, -0.25) is 4.79 Å². The molecule has 4 rings (SSSR count). The fourth-order valence-electron chi connectivity index (χ4n) is 3.55. The largest absolute Gasteiger partial charge is 0.497 e. The van der Waals surface area contributed by atoms with Crippen LogP contribution in [0.3, 0.4) is 0 Å². The van der Waals surface area contributed by atoms with Crippen molar-refractivity contribution in [2.75, 3.05) is 7.11 Å². The third-order valence-corrected chi connectivity index (χ3v) is 5.24. The number of rotatable bonds is 3. The van der Waals surface area contributed by atoms with Gasteiger partial charge in [-0.2, -0.15) is 5.10 Å². The van der Waals surface area contributed by atoms with E-state index in [0.717, 1.165) is 28.0 Å². The van der Waals surface area contributed by atoms with Crippen molar-refractivity contribution in [1.82, 2.24) is 14.8 Å². The van der Waals surface area contributed by atoms with Crippen LogP contribution in [0.2, 0.25) is 0 Å². The summed E-state index contributed by atoms with van der Waals surface area (Å²) < 4.78 is 7.19. The number of benzene rings is 1. The molecule has 0 bridgehead atoms. The van der Waals surface area contributed by atoms with Crippen molar-refractivity contribution in [2.24, 2.45) is 0 Å². The zero-order valence-corrected chi connectivity index (χ0v) is 15.8. The molecule has 1 saturated carbocycles. The molecule has 5 heteroatoms. The number of H-pyrrole nitrogens is 1. The van der Waals surface area contributed by atoms with Crippen molar-refractivity contribution < 1.29 is 4.74 Å². The highest BCUT2D eigenvalue weighted by Crippen LogP contribution is 2.40. The van der Waals surface area contributed by atoms with Gasteiger partial charge in [0.15, 0.2) is 0 Å². The Bertz CT molecular complexity index is 1000. The van der Waals surface area contributed by atoms with Crippen LogP contribution in [0, 0.1) is 0 Å². The lowest BCUT2D eigenvalue weighted by atomic mass is 9.82. The molecular formula is C21H25N3O2. The predicted molar refractivity (Wildman–Crippen MR) is 104 cm³/mol. The van der Waals surface area contributed by atoms with Crippen LogP contribution in [-0.4, -0.2) is 21.9 Å². The summed E-state index contributed by atoms with van der Waals surface area (Å²) in [6.45, 7) is 6.33. The number of aromatic nitrogens is 3. The summed E-state index contributed by atoms with van der Waals surface area (Å²) in [7, 11) is 1.64. The maximum Gasteiger partial charge on any atom is 0.257 e. The molecule has 3 aromatic rings. The molecule has 1 aliphatic carbocycles. The van der Waals surface area contributed by atoms with Gasteiger partial charge < -0.3 is 9.72 Å². The molecule has 0 unspecified atom stereocenters. The highest BCUT2D eigenvalue weighted by Gasteiger charge is 2.29. The number of ether oxygens (including phenoxy) is 1. The van der Waals surface area contributed by atoms with E-state index in [2.05, 4.69) is 25.8 Å². The number of nitrogens with zero attached hydrogens (tertiary/aromatic N) is 2. The highest BCUT2D eigenvalue weighted by atomic mass is 16.5. The van der Waals surface area contributed by atoms with E-state index in [9.17, 15) is 4.79 Å². The Morgan fingerprint density at radius 1 is 1.19 bits per heavy atom. The van der Waals surface area contributed by atoms with Crippen LogP contribution in [0.15, 0.2) is 35.1 Å². The zero-order chi connectivity index (χ0) is 18.5. The van der Waals surface area contributed by atoms with Crippen molar-refractivity contribution in [2.45, 2.75) is 51.5 Å². The quantitative estimate of drug-likeness (QED) is 0.760. The molecule has 0 saturated heterocycles. The first kappa shape index (κ1) is 16.9. The Balaban J connectivity index is 1.93. The zero-order valence-electron chi connectivity index (χ0n) is 15.8. The molecule has 1 N–H and O–H groups in total. The summed E-state index contributed by atoms with van der Waals surface area (Å²) in [6.07, 6.45) is 3.60. The Morgan fingerprint density at radius 3 is 2.42 bits per heavy atom. The van der Waals surface area contributed by atoms with E-state index < -0.39 is 0 Å². The van der Waals surface area contributed by atoms with Crippen LogP contribution < -0.4 is 10.3 Å². The van der Waals surface area contributed by atoms with Gasteiger partial charge >= 0.3 is 0 Å². The molecule has 26 heavy (non-hydrogen) atoms. The Labute approximate surface area is 153 Å². The second kappa shape index (κ2) is 6.01. The van der Waals surface area contributed by atoms with Crippen molar-refractivity contribution in [1.29, 1.82) is 0 Å². The monoisotopic (exact) mass is 351 g/mol. The number of methoxy groups -OCH3 is 1. The maximum absolute atomic E-state index is 12.8. The third kappa shape index (κ3) is 2.71. The van der Waals surface area contributed by atoms with Crippen LogP contribution in [0.1, 0.15) is 51.6 Å². The minimum atomic E-state index is -0.190. The number of pyridine rings is 1. The summed E-state index contributed by atoms with van der Waals surface area (Å²) in [6, 6.07) is 9.62. The van der Waals surface area contributed by atoms with E-state index in [0.29, 0.717) is 11.5 Å². The first-order valence-electron chi connectivity index (χ1n) is 9.19. The summed E-state index contributed by atoms with van der Waals surface area (Å²) in [5.74, 6) is 1.28. The lowest BCUT2D eigenvalue weighted by molar-refractivity contribution is 0.349. The average molecular weight is 351 g/mol. The smallest absolute Gasteiger partial charge is 0.257 e. The van der Waals surface area contributed by atoms with E-state index in [1.165, 1.54) is 19.3 Å². The van der Waals surface area contributed by atoms with Gasteiger partial charge in [0.1, 0.15) is 11.4 Å². The standard InChI is InChI=1S/C21H25N3O2/c1-21(2,3)24-19-17(18(23-24)14-6-5-7-14)12-16(20(25)22-19)13-8-10-15(26-4)11-9-13/h8-12,14H,5-7H2,1-4H3,(H,22,25). The Morgan fingerprint density at radius 2 is 1.88 bits per heavy atom. The fraction of sp³-hybridized carbons (Fsp3) is 0.429. The van der Waals surface area contributed by atoms with Gasteiger partial charge in [0.05, 0.1) is 18.3 Å². The Kier molecular flexibility index (Phi) is 3.90. The molecule has 1 aromatic carbocycles. The molecule has 136 valence electrons. The number of hydrogen-bond acceptors (Lipinski definition) is 3. The predicted octanol–water partition coefficient (Wildman–Crippen LogP) is 4.42. The topological polar surface area (TPSA) is 59.9 Å². The molecule has 0 aliphatic heterocycles. The lowest BCUT2D eigenvalue weighted by Gasteiger charge is -2.24. The number of fused-ring (bicyclic) bond motifs is 1. The van der Waals surface area contributed by atoms with E-state index in [1.807, 2.05) is 35.0 Å². The van der Waals surface area contributed by atoms with Crippen LogP contribution in [0.25, 0.3) is 22.2 Å². The van der Waals surface area contributed by atoms with Gasteiger partial charge in [0, 0.05) is 16.9 Å². The van der Waals surface area contributed by atoms with Crippen molar-refractivity contribution in [3.8, 4) is 16.9 Å². The van der Waals surface area contributed by atoms with E-state index in [-0.39, 0.29) is 11.1 Å².